The molecule has 0 unspecified atom stereocenters. The van der Waals surface area contributed by atoms with Crippen LogP contribution in [0.5, 0.6) is 0 Å². The fraction of sp³-hybridized carbons (Fsp3) is 0.273. The summed E-state index contributed by atoms with van der Waals surface area (Å²) in [5.74, 6) is -0.666. The molecule has 2 N–H and O–H groups in total. The summed E-state index contributed by atoms with van der Waals surface area (Å²) in [6.07, 6.45) is 0.179. The van der Waals surface area contributed by atoms with Gasteiger partial charge >= 0.3 is 0 Å². The second-order valence-electron chi connectivity index (χ2n) is 7.44. The number of anilines is 1. The first kappa shape index (κ1) is 18.9. The van der Waals surface area contributed by atoms with E-state index < -0.39 is 5.92 Å². The first-order chi connectivity index (χ1) is 13.9. The summed E-state index contributed by atoms with van der Waals surface area (Å²) in [6, 6.07) is 13.0. The van der Waals surface area contributed by atoms with Gasteiger partial charge < -0.3 is 10.2 Å². The number of aryl methyl sites for hydroxylation is 2. The summed E-state index contributed by atoms with van der Waals surface area (Å²) < 4.78 is 0. The molecule has 1 saturated heterocycles. The Morgan fingerprint density at radius 2 is 1.90 bits per heavy atom. The van der Waals surface area contributed by atoms with Gasteiger partial charge in [-0.2, -0.15) is 5.10 Å². The minimum absolute atomic E-state index is 0.0546. The van der Waals surface area contributed by atoms with Crippen molar-refractivity contribution in [2.75, 3.05) is 11.4 Å². The van der Waals surface area contributed by atoms with Crippen molar-refractivity contribution >= 4 is 28.3 Å². The van der Waals surface area contributed by atoms with E-state index in [9.17, 15) is 14.4 Å². The summed E-state index contributed by atoms with van der Waals surface area (Å²) in [6.45, 7) is 4.57. The van der Waals surface area contributed by atoms with E-state index >= 15 is 0 Å². The average molecular weight is 390 g/mol. The number of carbonyl (C=O) groups is 2. The molecule has 1 atom stereocenters. The van der Waals surface area contributed by atoms with E-state index in [0.29, 0.717) is 23.0 Å². The van der Waals surface area contributed by atoms with Crippen molar-refractivity contribution < 1.29 is 9.59 Å². The minimum Gasteiger partial charge on any atom is -0.350 e. The largest absolute Gasteiger partial charge is 0.350 e. The van der Waals surface area contributed by atoms with Crippen LogP contribution in [-0.4, -0.2) is 28.6 Å². The molecule has 148 valence electrons. The van der Waals surface area contributed by atoms with Gasteiger partial charge in [0, 0.05) is 24.0 Å². The van der Waals surface area contributed by atoms with E-state index in [1.54, 1.807) is 23.1 Å². The average Bonchev–Trinajstić information content (AvgIpc) is 3.11. The Balaban J connectivity index is 1.46. The number of benzene rings is 2. The Morgan fingerprint density at radius 3 is 2.66 bits per heavy atom. The lowest BCUT2D eigenvalue weighted by atomic mass is 10.1. The van der Waals surface area contributed by atoms with E-state index in [2.05, 4.69) is 15.5 Å². The third kappa shape index (κ3) is 3.63. The van der Waals surface area contributed by atoms with Crippen molar-refractivity contribution in [2.45, 2.75) is 26.8 Å². The Hall–Kier alpha value is -3.48. The summed E-state index contributed by atoms with van der Waals surface area (Å²) in [5.41, 5.74) is 3.42. The maximum Gasteiger partial charge on any atom is 0.272 e. The number of rotatable bonds is 4. The summed E-state index contributed by atoms with van der Waals surface area (Å²) in [7, 11) is 0. The molecule has 0 saturated carbocycles. The Morgan fingerprint density at radius 1 is 1.14 bits per heavy atom. The number of fused-ring (bicyclic) bond motifs is 1. The van der Waals surface area contributed by atoms with Crippen LogP contribution < -0.4 is 15.8 Å². The lowest BCUT2D eigenvalue weighted by Gasteiger charge is -2.18. The standard InChI is InChI=1S/C22H22N4O3/c1-13-7-8-16(9-14(13)2)26-12-15(10-20(26)27)21(28)23-11-19-17-5-3-4-6-18(17)22(29)25-24-19/h3-9,15H,10-12H2,1-2H3,(H,23,28)(H,25,29)/t15-/m0/s1. The first-order valence-corrected chi connectivity index (χ1v) is 9.55. The zero-order valence-corrected chi connectivity index (χ0v) is 16.4. The van der Waals surface area contributed by atoms with Crippen LogP contribution in [-0.2, 0) is 16.1 Å². The molecule has 2 aromatic carbocycles. The van der Waals surface area contributed by atoms with Crippen molar-refractivity contribution in [3.63, 3.8) is 0 Å². The van der Waals surface area contributed by atoms with E-state index in [1.807, 2.05) is 38.1 Å². The molecule has 0 spiro atoms. The predicted molar refractivity (Wildman–Crippen MR) is 111 cm³/mol. The number of amides is 2. The summed E-state index contributed by atoms with van der Waals surface area (Å²) in [5, 5.41) is 10.6. The zero-order chi connectivity index (χ0) is 20.5. The quantitative estimate of drug-likeness (QED) is 0.714. The third-order valence-electron chi connectivity index (χ3n) is 5.50. The smallest absolute Gasteiger partial charge is 0.272 e. The van der Waals surface area contributed by atoms with Gasteiger partial charge in [-0.1, -0.05) is 24.3 Å². The lowest BCUT2D eigenvalue weighted by Crippen LogP contribution is -2.33. The number of carbonyl (C=O) groups excluding carboxylic acids is 2. The minimum atomic E-state index is -0.418. The fourth-order valence-corrected chi connectivity index (χ4v) is 3.65. The van der Waals surface area contributed by atoms with Gasteiger partial charge in [0.05, 0.1) is 23.5 Å². The highest BCUT2D eigenvalue weighted by molar-refractivity contribution is 6.00. The molecule has 1 aliphatic rings. The molecule has 0 radical (unpaired) electrons. The van der Waals surface area contributed by atoms with Crippen LogP contribution in [0, 0.1) is 19.8 Å². The number of hydrogen-bond donors (Lipinski definition) is 2. The van der Waals surface area contributed by atoms with Gasteiger partial charge in [0.1, 0.15) is 0 Å². The topological polar surface area (TPSA) is 95.2 Å². The van der Waals surface area contributed by atoms with Crippen molar-refractivity contribution in [3.8, 4) is 0 Å². The van der Waals surface area contributed by atoms with Crippen molar-refractivity contribution in [1.29, 1.82) is 0 Å². The molecule has 1 fully saturated rings. The lowest BCUT2D eigenvalue weighted by molar-refractivity contribution is -0.126. The molecule has 1 aromatic heterocycles. The maximum atomic E-state index is 12.7. The molecule has 29 heavy (non-hydrogen) atoms. The van der Waals surface area contributed by atoms with Gasteiger partial charge in [-0.25, -0.2) is 5.10 Å². The van der Waals surface area contributed by atoms with Crippen LogP contribution in [0.4, 0.5) is 5.69 Å². The molecule has 2 heterocycles. The van der Waals surface area contributed by atoms with Crippen LogP contribution in [0.1, 0.15) is 23.2 Å². The van der Waals surface area contributed by atoms with E-state index in [-0.39, 0.29) is 30.3 Å². The predicted octanol–water partition coefficient (Wildman–Crippen LogP) is 2.21. The number of hydrogen-bond acceptors (Lipinski definition) is 4. The Kier molecular flexibility index (Phi) is 4.88. The van der Waals surface area contributed by atoms with E-state index in [0.717, 1.165) is 16.8 Å². The molecule has 7 nitrogen and oxygen atoms in total. The SMILES string of the molecule is Cc1ccc(N2C[C@@H](C(=O)NCc3n[nH]c(=O)c4ccccc34)CC2=O)cc1C. The third-order valence-corrected chi connectivity index (χ3v) is 5.50. The van der Waals surface area contributed by atoms with Gasteiger partial charge in [0.2, 0.25) is 11.8 Å². The molecular formula is C22H22N4O3. The molecule has 1 aliphatic heterocycles. The number of nitrogens with zero attached hydrogens (tertiary/aromatic N) is 2. The second-order valence-corrected chi connectivity index (χ2v) is 7.44. The van der Waals surface area contributed by atoms with E-state index in [1.165, 1.54) is 0 Å². The normalized spacial score (nSPS) is 16.4. The van der Waals surface area contributed by atoms with Gasteiger partial charge in [-0.15, -0.1) is 0 Å². The van der Waals surface area contributed by atoms with Crippen LogP contribution in [0.3, 0.4) is 0 Å². The molecule has 0 bridgehead atoms. The van der Waals surface area contributed by atoms with Crippen molar-refractivity contribution in [2.24, 2.45) is 5.92 Å². The van der Waals surface area contributed by atoms with Crippen LogP contribution in [0.15, 0.2) is 47.3 Å². The highest BCUT2D eigenvalue weighted by Gasteiger charge is 2.35. The summed E-state index contributed by atoms with van der Waals surface area (Å²) >= 11 is 0. The highest BCUT2D eigenvalue weighted by atomic mass is 16.2. The number of H-pyrrole nitrogens is 1. The summed E-state index contributed by atoms with van der Waals surface area (Å²) in [4.78, 5) is 38.7. The van der Waals surface area contributed by atoms with Crippen molar-refractivity contribution in [1.82, 2.24) is 15.5 Å². The molecule has 7 heteroatoms. The highest BCUT2D eigenvalue weighted by Crippen LogP contribution is 2.27. The van der Waals surface area contributed by atoms with Gasteiger partial charge in [0.25, 0.3) is 5.56 Å². The van der Waals surface area contributed by atoms with Crippen LogP contribution in [0.2, 0.25) is 0 Å². The van der Waals surface area contributed by atoms with Crippen LogP contribution in [0.25, 0.3) is 10.8 Å². The molecule has 4 rings (SSSR count). The van der Waals surface area contributed by atoms with Gasteiger partial charge in [0.15, 0.2) is 0 Å². The van der Waals surface area contributed by atoms with Gasteiger partial charge in [-0.3, -0.25) is 14.4 Å². The van der Waals surface area contributed by atoms with Gasteiger partial charge in [-0.05, 0) is 43.2 Å². The van der Waals surface area contributed by atoms with Crippen molar-refractivity contribution in [3.05, 3.63) is 69.6 Å². The number of aromatic amines is 1. The number of aromatic nitrogens is 2. The molecule has 0 aliphatic carbocycles. The molecular weight excluding hydrogens is 368 g/mol. The van der Waals surface area contributed by atoms with Crippen LogP contribution >= 0.6 is 0 Å². The Labute approximate surface area is 167 Å². The molecule has 3 aromatic rings. The maximum absolute atomic E-state index is 12.7. The van der Waals surface area contributed by atoms with E-state index in [4.69, 9.17) is 0 Å². The fourth-order valence-electron chi connectivity index (χ4n) is 3.65. The molecule has 2 amide bonds. The Bertz CT molecular complexity index is 1170. The zero-order valence-electron chi connectivity index (χ0n) is 16.4. The monoisotopic (exact) mass is 390 g/mol. The second kappa shape index (κ2) is 7.50. The first-order valence-electron chi connectivity index (χ1n) is 9.55. The number of nitrogens with one attached hydrogen (secondary N) is 2.